The van der Waals surface area contributed by atoms with Gasteiger partial charge in [-0.15, -0.1) is 0 Å². The molecule has 0 amide bonds. The van der Waals surface area contributed by atoms with E-state index in [2.05, 4.69) is 0 Å². The predicted molar refractivity (Wildman–Crippen MR) is 145 cm³/mol. The van der Waals surface area contributed by atoms with Gasteiger partial charge < -0.3 is 0 Å². The van der Waals surface area contributed by atoms with Crippen molar-refractivity contribution in [2.75, 3.05) is 0 Å². The van der Waals surface area contributed by atoms with Crippen LogP contribution in [0.15, 0.2) is 0 Å². The molecule has 0 aliphatic carbocycles. The molecule has 0 radical (unpaired) electrons. The van der Waals surface area contributed by atoms with E-state index in [-0.39, 0.29) is 12.8 Å². The van der Waals surface area contributed by atoms with Gasteiger partial charge in [-0.05, 0) is 43.7 Å². The van der Waals surface area contributed by atoms with E-state index in [1.165, 1.54) is 6.92 Å². The van der Waals surface area contributed by atoms with Crippen LogP contribution in [0, 0.1) is 112 Å². The molecule has 0 bridgehead atoms. The van der Waals surface area contributed by atoms with Crippen LogP contribution in [0.4, 0.5) is 79.0 Å². The Morgan fingerprint density at radius 2 is 0.529 bits per heavy atom. The molecule has 0 unspecified atom stereocenters. The fraction of sp³-hybridized carbons (Fsp3) is 0.273. The molecule has 0 fully saturated rings. The third kappa shape index (κ3) is 8.08. The van der Waals surface area contributed by atoms with Crippen LogP contribution in [0.1, 0.15) is 60.6 Å². The van der Waals surface area contributed by atoms with Crippen molar-refractivity contribution in [1.82, 2.24) is 0 Å². The number of rotatable bonds is 7. The summed E-state index contributed by atoms with van der Waals surface area (Å²) in [6.45, 7) is 6.26. The first kappa shape index (κ1) is 42.8. The first-order valence-electron chi connectivity index (χ1n) is 14.4. The molecule has 0 aromatic heterocycles. The Morgan fingerprint density at radius 3 is 0.843 bits per heavy atom. The van der Waals surface area contributed by atoms with Crippen LogP contribution in [-0.2, 0) is 25.7 Å². The smallest absolute Gasteiger partial charge is 0.200 e. The molecule has 0 spiro atoms. The summed E-state index contributed by atoms with van der Waals surface area (Å²) in [5.41, 5.74) is -6.03. The van der Waals surface area contributed by atoms with E-state index in [0.29, 0.717) is 0 Å². The molecular weight excluding hydrogens is 738 g/mol. The highest BCUT2D eigenvalue weighted by Crippen LogP contribution is 2.31. The molecule has 0 N–H and O–H groups in total. The lowest BCUT2D eigenvalue weighted by Crippen LogP contribution is -2.12. The molecule has 0 saturated carbocycles. The second-order valence-electron chi connectivity index (χ2n) is 10.1. The lowest BCUT2D eigenvalue weighted by Gasteiger charge is -2.13. The second-order valence-corrected chi connectivity index (χ2v) is 10.1. The summed E-state index contributed by atoms with van der Waals surface area (Å²) in [7, 11) is 0. The highest BCUT2D eigenvalue weighted by Gasteiger charge is 2.31. The molecular formula is C33H22F18. The van der Waals surface area contributed by atoms with Gasteiger partial charge in [0.1, 0.15) is 0 Å². The Labute approximate surface area is 277 Å². The van der Waals surface area contributed by atoms with Gasteiger partial charge >= 0.3 is 0 Å². The van der Waals surface area contributed by atoms with Crippen LogP contribution >= 0.6 is 0 Å². The lowest BCUT2D eigenvalue weighted by molar-refractivity contribution is 0.362. The fourth-order valence-corrected chi connectivity index (χ4v) is 4.59. The zero-order valence-electron chi connectivity index (χ0n) is 26.3. The summed E-state index contributed by atoms with van der Waals surface area (Å²) in [4.78, 5) is 0. The maximum absolute atomic E-state index is 13.9. The first-order chi connectivity index (χ1) is 23.7. The van der Waals surface area contributed by atoms with Crippen LogP contribution in [0.25, 0.3) is 0 Å². The van der Waals surface area contributed by atoms with Gasteiger partial charge in [-0.1, -0.05) is 20.8 Å². The average Bonchev–Trinajstić information content (AvgIpc) is 3.13. The highest BCUT2D eigenvalue weighted by atomic mass is 19.2. The third-order valence-corrected chi connectivity index (χ3v) is 7.21. The van der Waals surface area contributed by atoms with Gasteiger partial charge in [-0.2, -0.15) is 0 Å². The zero-order valence-corrected chi connectivity index (χ0v) is 26.3. The van der Waals surface area contributed by atoms with Crippen LogP contribution < -0.4 is 0 Å². The van der Waals surface area contributed by atoms with E-state index in [9.17, 15) is 79.0 Å². The topological polar surface area (TPSA) is 0 Å². The normalized spacial score (nSPS) is 10.9. The van der Waals surface area contributed by atoms with E-state index in [1.807, 2.05) is 13.8 Å². The molecule has 0 nitrogen and oxygen atoms in total. The standard InChI is InChI=1S/C18H14F8.C13H2F10.C2H6/c1-3-8-9(14(22)18(26)17(25)13(8)21)5-4-6-10-15(23)11(19)7(2)12(20)16(10)24;14-4-2(5(15)9(19)12(22)8(4)18)1-3-6(16)10(20)13(23)11(21)7(3)17;1-2/h3-6H2,1-2H3;1H2;1-2H3. The van der Waals surface area contributed by atoms with E-state index in [1.54, 1.807) is 0 Å². The van der Waals surface area contributed by atoms with Crippen LogP contribution in [-0.4, -0.2) is 0 Å². The van der Waals surface area contributed by atoms with E-state index < -0.39 is 157 Å². The molecule has 0 aliphatic heterocycles. The Balaban J connectivity index is 0.000000339. The van der Waals surface area contributed by atoms with Crippen LogP contribution in [0.5, 0.6) is 0 Å². The van der Waals surface area contributed by atoms with E-state index in [0.717, 1.165) is 6.92 Å². The number of hydrogen-bond acceptors (Lipinski definition) is 0. The molecule has 4 aromatic rings. The summed E-state index contributed by atoms with van der Waals surface area (Å²) in [6, 6.07) is 0. The monoisotopic (exact) mass is 760 g/mol. The van der Waals surface area contributed by atoms with Gasteiger partial charge in [0.05, 0.1) is 0 Å². The van der Waals surface area contributed by atoms with Gasteiger partial charge in [-0.25, -0.2) is 79.0 Å². The SMILES string of the molecule is CC.CCc1c(F)c(F)c(F)c(F)c1CCCc1c(F)c(F)c(C)c(F)c1F.Fc1c(F)c(F)c(Cc2c(F)c(F)c(F)c(F)c2F)c(F)c1F. The van der Waals surface area contributed by atoms with Gasteiger partial charge in [0, 0.05) is 28.7 Å². The molecule has 0 aliphatic rings. The van der Waals surface area contributed by atoms with Crippen molar-refractivity contribution in [1.29, 1.82) is 0 Å². The van der Waals surface area contributed by atoms with Gasteiger partial charge in [0.25, 0.3) is 0 Å². The van der Waals surface area contributed by atoms with Crippen molar-refractivity contribution in [3.8, 4) is 0 Å². The Kier molecular flexibility index (Phi) is 14.4. The molecule has 280 valence electrons. The molecule has 18 heteroatoms. The zero-order chi connectivity index (χ0) is 39.4. The third-order valence-electron chi connectivity index (χ3n) is 7.21. The molecule has 4 rings (SSSR count). The number of halogens is 18. The second kappa shape index (κ2) is 17.2. The predicted octanol–water partition coefficient (Wildman–Crippen LogP) is 11.5. The Morgan fingerprint density at radius 1 is 0.294 bits per heavy atom. The van der Waals surface area contributed by atoms with Crippen molar-refractivity contribution >= 4 is 0 Å². The highest BCUT2D eigenvalue weighted by molar-refractivity contribution is 5.35. The summed E-state index contributed by atoms with van der Waals surface area (Å²) in [6.07, 6.45) is -3.11. The molecule has 0 saturated heterocycles. The van der Waals surface area contributed by atoms with Crippen LogP contribution in [0.2, 0.25) is 0 Å². The molecule has 4 aromatic carbocycles. The van der Waals surface area contributed by atoms with Crippen molar-refractivity contribution in [2.24, 2.45) is 0 Å². The average molecular weight is 761 g/mol. The minimum absolute atomic E-state index is 0.147. The van der Waals surface area contributed by atoms with Gasteiger partial charge in [0.2, 0.25) is 11.6 Å². The van der Waals surface area contributed by atoms with Gasteiger partial charge in [0.15, 0.2) is 93.1 Å². The van der Waals surface area contributed by atoms with Gasteiger partial charge in [-0.3, -0.25) is 0 Å². The van der Waals surface area contributed by atoms with Crippen LogP contribution in [0.3, 0.4) is 0 Å². The van der Waals surface area contributed by atoms with Crippen molar-refractivity contribution in [2.45, 2.75) is 59.8 Å². The summed E-state index contributed by atoms with van der Waals surface area (Å²) in [5, 5.41) is 0. The largest absolute Gasteiger partial charge is 0.203 e. The minimum Gasteiger partial charge on any atom is -0.203 e. The van der Waals surface area contributed by atoms with Crippen molar-refractivity contribution in [3.63, 3.8) is 0 Å². The number of hydrogen-bond donors (Lipinski definition) is 0. The number of benzene rings is 4. The minimum atomic E-state index is -2.53. The molecule has 0 atom stereocenters. The lowest BCUT2D eigenvalue weighted by atomic mass is 9.96. The summed E-state index contributed by atoms with van der Waals surface area (Å²) in [5.74, 6) is -37.8. The maximum atomic E-state index is 13.9. The molecule has 0 heterocycles. The molecule has 51 heavy (non-hydrogen) atoms. The quantitative estimate of drug-likeness (QED) is 0.1000. The van der Waals surface area contributed by atoms with E-state index in [4.69, 9.17) is 0 Å². The van der Waals surface area contributed by atoms with Crippen molar-refractivity contribution < 1.29 is 79.0 Å². The van der Waals surface area contributed by atoms with Crippen molar-refractivity contribution in [3.05, 3.63) is 138 Å². The maximum Gasteiger partial charge on any atom is 0.200 e. The summed E-state index contributed by atoms with van der Waals surface area (Å²) >= 11 is 0. The first-order valence-corrected chi connectivity index (χ1v) is 14.4. The Bertz CT molecular complexity index is 1800. The van der Waals surface area contributed by atoms with E-state index >= 15 is 0 Å². The summed E-state index contributed by atoms with van der Waals surface area (Å²) < 4.78 is 240. The Hall–Kier alpha value is -4.38. The fourth-order valence-electron chi connectivity index (χ4n) is 4.59.